The molecule has 1 aliphatic heterocycles. The topological polar surface area (TPSA) is 29.5 Å². The molecule has 1 saturated heterocycles. The monoisotopic (exact) mass is 297 g/mol. The van der Waals surface area contributed by atoms with Gasteiger partial charge in [-0.1, -0.05) is 6.42 Å². The largest absolute Gasteiger partial charge is 0.468 e. The van der Waals surface area contributed by atoms with E-state index >= 15 is 0 Å². The summed E-state index contributed by atoms with van der Waals surface area (Å²) in [7, 11) is 1.45. The van der Waals surface area contributed by atoms with Gasteiger partial charge in [-0.15, -0.1) is 11.8 Å². The van der Waals surface area contributed by atoms with Crippen LogP contribution in [0.1, 0.15) is 19.3 Å². The number of ether oxygens (including phenoxy) is 1. The van der Waals surface area contributed by atoms with Gasteiger partial charge >= 0.3 is 5.97 Å². The molecular weight excluding hydrogens is 277 g/mol. The molecule has 110 valence electrons. The molecule has 0 amide bonds. The van der Waals surface area contributed by atoms with Gasteiger partial charge < -0.3 is 4.74 Å². The van der Waals surface area contributed by atoms with Crippen molar-refractivity contribution in [1.82, 2.24) is 4.90 Å². The number of halogens is 1. The van der Waals surface area contributed by atoms with Crippen LogP contribution in [0.25, 0.3) is 0 Å². The summed E-state index contributed by atoms with van der Waals surface area (Å²) < 4.78 is 17.7. The zero-order chi connectivity index (χ0) is 14.4. The van der Waals surface area contributed by atoms with E-state index in [1.807, 2.05) is 0 Å². The predicted molar refractivity (Wildman–Crippen MR) is 78.4 cm³/mol. The standard InChI is InChI=1S/C15H20FNO2S/c1-19-15(18)14-4-2-3-9-17(14)10-11-20-13-7-5-12(16)6-8-13/h5-8,14H,2-4,9-11H2,1H3/t14-/m1/s1. The quantitative estimate of drug-likeness (QED) is 0.617. The fraction of sp³-hybridized carbons (Fsp3) is 0.533. The summed E-state index contributed by atoms with van der Waals surface area (Å²) in [5.74, 6) is 0.548. The smallest absolute Gasteiger partial charge is 0.323 e. The molecule has 1 atom stereocenters. The number of esters is 1. The van der Waals surface area contributed by atoms with E-state index in [0.29, 0.717) is 0 Å². The van der Waals surface area contributed by atoms with Crippen LogP contribution in [-0.4, -0.2) is 42.9 Å². The Kier molecular flexibility index (Phi) is 5.86. The number of hydrogen-bond acceptors (Lipinski definition) is 4. The molecule has 3 nitrogen and oxygen atoms in total. The zero-order valence-corrected chi connectivity index (χ0v) is 12.5. The Morgan fingerprint density at radius 2 is 2.15 bits per heavy atom. The maximum atomic E-state index is 12.8. The van der Waals surface area contributed by atoms with Crippen molar-refractivity contribution < 1.29 is 13.9 Å². The lowest BCUT2D eigenvalue weighted by Crippen LogP contribution is -2.46. The highest BCUT2D eigenvalue weighted by molar-refractivity contribution is 7.99. The molecule has 0 unspecified atom stereocenters. The number of carbonyl (C=O) groups is 1. The van der Waals surface area contributed by atoms with Gasteiger partial charge in [0.05, 0.1) is 7.11 Å². The number of likely N-dealkylation sites (tertiary alicyclic amines) is 1. The van der Waals surface area contributed by atoms with Crippen LogP contribution >= 0.6 is 11.8 Å². The number of rotatable bonds is 5. The molecule has 2 rings (SSSR count). The van der Waals surface area contributed by atoms with Crippen molar-refractivity contribution in [3.8, 4) is 0 Å². The molecule has 1 fully saturated rings. The maximum absolute atomic E-state index is 12.8. The molecule has 1 aromatic carbocycles. The molecule has 20 heavy (non-hydrogen) atoms. The van der Waals surface area contributed by atoms with Crippen molar-refractivity contribution in [2.45, 2.75) is 30.2 Å². The average molecular weight is 297 g/mol. The number of benzene rings is 1. The fourth-order valence-electron chi connectivity index (χ4n) is 2.47. The van der Waals surface area contributed by atoms with Crippen molar-refractivity contribution in [2.75, 3.05) is 26.0 Å². The number of nitrogens with zero attached hydrogens (tertiary/aromatic N) is 1. The lowest BCUT2D eigenvalue weighted by molar-refractivity contribution is -0.148. The number of methoxy groups -OCH3 is 1. The second-order valence-corrected chi connectivity index (χ2v) is 6.04. The van der Waals surface area contributed by atoms with Crippen LogP contribution in [0.3, 0.4) is 0 Å². The van der Waals surface area contributed by atoms with Gasteiger partial charge in [0, 0.05) is 17.2 Å². The molecule has 0 N–H and O–H groups in total. The third kappa shape index (κ3) is 4.21. The number of thioether (sulfide) groups is 1. The molecule has 0 saturated carbocycles. The average Bonchev–Trinajstić information content (AvgIpc) is 2.49. The Morgan fingerprint density at radius 3 is 2.85 bits per heavy atom. The molecule has 1 heterocycles. The summed E-state index contributed by atoms with van der Waals surface area (Å²) in [6, 6.07) is 6.42. The van der Waals surface area contributed by atoms with Gasteiger partial charge in [0.15, 0.2) is 0 Å². The van der Waals surface area contributed by atoms with E-state index in [1.54, 1.807) is 23.9 Å². The van der Waals surface area contributed by atoms with Crippen molar-refractivity contribution in [3.63, 3.8) is 0 Å². The Bertz CT molecular complexity index is 438. The highest BCUT2D eigenvalue weighted by Crippen LogP contribution is 2.21. The summed E-state index contributed by atoms with van der Waals surface area (Å²) in [6.45, 7) is 1.80. The first-order valence-corrected chi connectivity index (χ1v) is 7.89. The van der Waals surface area contributed by atoms with Gasteiger partial charge in [-0.05, 0) is 43.7 Å². The first kappa shape index (κ1) is 15.3. The lowest BCUT2D eigenvalue weighted by Gasteiger charge is -2.33. The minimum Gasteiger partial charge on any atom is -0.468 e. The number of carbonyl (C=O) groups excluding carboxylic acids is 1. The summed E-state index contributed by atoms with van der Waals surface area (Å²) in [5, 5.41) is 0. The van der Waals surface area contributed by atoms with Crippen molar-refractivity contribution in [3.05, 3.63) is 30.1 Å². The fourth-order valence-corrected chi connectivity index (χ4v) is 3.36. The summed E-state index contributed by atoms with van der Waals surface area (Å²) in [5.41, 5.74) is 0. The van der Waals surface area contributed by atoms with Gasteiger partial charge in [0.1, 0.15) is 11.9 Å². The molecule has 0 spiro atoms. The van der Waals surface area contributed by atoms with Crippen LogP contribution in [0.2, 0.25) is 0 Å². The highest BCUT2D eigenvalue weighted by Gasteiger charge is 2.28. The van der Waals surface area contributed by atoms with E-state index in [-0.39, 0.29) is 17.8 Å². The molecule has 0 radical (unpaired) electrons. The predicted octanol–water partition coefficient (Wildman–Crippen LogP) is 2.95. The van der Waals surface area contributed by atoms with Crippen LogP contribution in [0, 0.1) is 5.82 Å². The van der Waals surface area contributed by atoms with Crippen molar-refractivity contribution >= 4 is 17.7 Å². The summed E-state index contributed by atoms with van der Waals surface area (Å²) in [4.78, 5) is 15.0. The van der Waals surface area contributed by atoms with Gasteiger partial charge in [-0.2, -0.15) is 0 Å². The van der Waals surface area contributed by atoms with Crippen molar-refractivity contribution in [1.29, 1.82) is 0 Å². The lowest BCUT2D eigenvalue weighted by atomic mass is 10.0. The summed E-state index contributed by atoms with van der Waals surface area (Å²) >= 11 is 1.68. The van der Waals surface area contributed by atoms with Gasteiger partial charge in [0.25, 0.3) is 0 Å². The Balaban J connectivity index is 1.82. The third-order valence-electron chi connectivity index (χ3n) is 3.55. The molecule has 0 bridgehead atoms. The van der Waals surface area contributed by atoms with Crippen molar-refractivity contribution in [2.24, 2.45) is 0 Å². The second kappa shape index (κ2) is 7.64. The van der Waals surface area contributed by atoms with Gasteiger partial charge in [-0.3, -0.25) is 9.69 Å². The van der Waals surface area contributed by atoms with Crippen LogP contribution in [-0.2, 0) is 9.53 Å². The van der Waals surface area contributed by atoms with E-state index < -0.39 is 0 Å². The second-order valence-electron chi connectivity index (χ2n) is 4.87. The van der Waals surface area contributed by atoms with E-state index in [4.69, 9.17) is 4.74 Å². The summed E-state index contributed by atoms with van der Waals surface area (Å²) in [6.07, 6.45) is 3.10. The SMILES string of the molecule is COC(=O)[C@H]1CCCCN1CCSc1ccc(F)cc1. The Morgan fingerprint density at radius 1 is 1.40 bits per heavy atom. The molecule has 0 aliphatic carbocycles. The normalized spacial score (nSPS) is 19.8. The molecule has 0 aromatic heterocycles. The van der Waals surface area contributed by atoms with Gasteiger partial charge in [0.2, 0.25) is 0 Å². The molecule has 5 heteroatoms. The first-order valence-electron chi connectivity index (χ1n) is 6.91. The minimum absolute atomic E-state index is 0.0948. The van der Waals surface area contributed by atoms with E-state index in [2.05, 4.69) is 4.90 Å². The first-order chi connectivity index (χ1) is 9.70. The van der Waals surface area contributed by atoms with Crippen LogP contribution in [0.4, 0.5) is 4.39 Å². The zero-order valence-electron chi connectivity index (χ0n) is 11.7. The Hall–Kier alpha value is -1.07. The van der Waals surface area contributed by atoms with Crippen LogP contribution in [0.15, 0.2) is 29.2 Å². The van der Waals surface area contributed by atoms with Gasteiger partial charge in [-0.25, -0.2) is 4.39 Å². The van der Waals surface area contributed by atoms with E-state index in [9.17, 15) is 9.18 Å². The Labute approximate surface area is 123 Å². The third-order valence-corrected chi connectivity index (χ3v) is 4.54. The minimum atomic E-state index is -0.212. The molecule has 1 aromatic rings. The van der Waals surface area contributed by atoms with E-state index in [1.165, 1.54) is 19.2 Å². The van der Waals surface area contributed by atoms with E-state index in [0.717, 1.165) is 43.0 Å². The highest BCUT2D eigenvalue weighted by atomic mass is 32.2. The maximum Gasteiger partial charge on any atom is 0.323 e. The number of piperidine rings is 1. The number of hydrogen-bond donors (Lipinski definition) is 0. The van der Waals surface area contributed by atoms with Crippen LogP contribution in [0.5, 0.6) is 0 Å². The molecular formula is C15H20FNO2S. The van der Waals surface area contributed by atoms with Crippen LogP contribution < -0.4 is 0 Å². The molecule has 1 aliphatic rings.